The normalized spacial score (nSPS) is 14.9. The minimum atomic E-state index is 0.247. The zero-order valence-corrected chi connectivity index (χ0v) is 11.8. The number of rotatable bonds is 9. The molecule has 0 rings (SSSR count). The topological polar surface area (TPSA) is 70.6 Å². The van der Waals surface area contributed by atoms with E-state index in [0.717, 1.165) is 6.54 Å². The van der Waals surface area contributed by atoms with E-state index in [-0.39, 0.29) is 11.9 Å². The summed E-state index contributed by atoms with van der Waals surface area (Å²) in [5, 5.41) is 14.9. The first-order valence-electron chi connectivity index (χ1n) is 6.61. The number of nitrogens with one attached hydrogen (secondary N) is 1. The third-order valence-electron chi connectivity index (χ3n) is 3.03. The molecule has 0 aromatic rings. The summed E-state index contributed by atoms with van der Waals surface area (Å²) in [7, 11) is 0. The molecule has 0 amide bonds. The van der Waals surface area contributed by atoms with Crippen molar-refractivity contribution in [2.45, 2.75) is 65.8 Å². The molecule has 0 saturated carbocycles. The summed E-state index contributed by atoms with van der Waals surface area (Å²) in [5.41, 5.74) is 5.79. The van der Waals surface area contributed by atoms with E-state index in [1.807, 2.05) is 0 Å². The van der Waals surface area contributed by atoms with Crippen LogP contribution in [0.5, 0.6) is 0 Å². The summed E-state index contributed by atoms with van der Waals surface area (Å²) in [6.45, 7) is 9.82. The highest BCUT2D eigenvalue weighted by molar-refractivity contribution is 5.80. The van der Waals surface area contributed by atoms with E-state index in [2.05, 4.69) is 38.2 Å². The van der Waals surface area contributed by atoms with Gasteiger partial charge >= 0.3 is 0 Å². The van der Waals surface area contributed by atoms with Gasteiger partial charge in [0.05, 0.1) is 0 Å². The Morgan fingerprint density at radius 2 is 2.06 bits per heavy atom. The summed E-state index contributed by atoms with van der Waals surface area (Å²) in [4.78, 5) is 0. The van der Waals surface area contributed by atoms with Crippen molar-refractivity contribution in [3.63, 3.8) is 0 Å². The van der Waals surface area contributed by atoms with Crippen molar-refractivity contribution in [3.8, 4) is 0 Å². The molecule has 0 aromatic heterocycles. The molecule has 0 aliphatic rings. The minimum absolute atomic E-state index is 0.247. The maximum Gasteiger partial charge on any atom is 0.140 e. The average molecular weight is 243 g/mol. The lowest BCUT2D eigenvalue weighted by atomic mass is 9.86. The second-order valence-corrected chi connectivity index (χ2v) is 5.70. The standard InChI is InChI=1S/C13H29N3O/c1-5-6-7-8-13(3,4)10-15-11(2)9-12(14)16-17/h11,15,17H,5-10H2,1-4H3,(H2,14,16). The van der Waals surface area contributed by atoms with Crippen LogP contribution in [0.4, 0.5) is 0 Å². The van der Waals surface area contributed by atoms with Crippen molar-refractivity contribution in [3.05, 3.63) is 0 Å². The fourth-order valence-electron chi connectivity index (χ4n) is 1.82. The Bertz CT molecular complexity index is 227. The Kier molecular flexibility index (Phi) is 7.96. The molecule has 0 fully saturated rings. The zero-order valence-electron chi connectivity index (χ0n) is 11.8. The molecule has 4 heteroatoms. The van der Waals surface area contributed by atoms with Gasteiger partial charge in [0.25, 0.3) is 0 Å². The Hall–Kier alpha value is -0.770. The molecule has 1 atom stereocenters. The minimum Gasteiger partial charge on any atom is -0.409 e. The Morgan fingerprint density at radius 3 is 2.59 bits per heavy atom. The van der Waals surface area contributed by atoms with Crippen LogP contribution in [0.2, 0.25) is 0 Å². The molecule has 0 bridgehead atoms. The van der Waals surface area contributed by atoms with E-state index in [0.29, 0.717) is 11.8 Å². The first-order chi connectivity index (χ1) is 7.91. The highest BCUT2D eigenvalue weighted by atomic mass is 16.4. The summed E-state index contributed by atoms with van der Waals surface area (Å²) in [6, 6.07) is 0.247. The molecule has 0 aromatic carbocycles. The van der Waals surface area contributed by atoms with Gasteiger partial charge in [0.15, 0.2) is 0 Å². The van der Waals surface area contributed by atoms with Gasteiger partial charge in [-0.25, -0.2) is 0 Å². The number of nitrogens with two attached hydrogens (primary N) is 1. The second-order valence-electron chi connectivity index (χ2n) is 5.70. The fraction of sp³-hybridized carbons (Fsp3) is 0.923. The quantitative estimate of drug-likeness (QED) is 0.192. The third-order valence-corrected chi connectivity index (χ3v) is 3.03. The predicted octanol–water partition coefficient (Wildman–Crippen LogP) is 2.71. The molecule has 0 aliphatic carbocycles. The summed E-state index contributed by atoms with van der Waals surface area (Å²) >= 11 is 0. The fourth-order valence-corrected chi connectivity index (χ4v) is 1.82. The van der Waals surface area contributed by atoms with Gasteiger partial charge < -0.3 is 16.3 Å². The maximum atomic E-state index is 8.49. The summed E-state index contributed by atoms with van der Waals surface area (Å²) in [5.74, 6) is 0.286. The van der Waals surface area contributed by atoms with E-state index >= 15 is 0 Å². The van der Waals surface area contributed by atoms with Gasteiger partial charge in [-0.3, -0.25) is 0 Å². The van der Waals surface area contributed by atoms with Gasteiger partial charge in [0, 0.05) is 19.0 Å². The molecule has 17 heavy (non-hydrogen) atoms. The van der Waals surface area contributed by atoms with Gasteiger partial charge in [0.1, 0.15) is 5.84 Å². The van der Waals surface area contributed by atoms with Crippen LogP contribution in [-0.2, 0) is 0 Å². The van der Waals surface area contributed by atoms with Gasteiger partial charge in [-0.1, -0.05) is 45.2 Å². The van der Waals surface area contributed by atoms with Gasteiger partial charge in [-0.05, 0) is 18.8 Å². The SMILES string of the molecule is CCCCCC(C)(C)CNC(C)CC(N)=NO. The van der Waals surface area contributed by atoms with Crippen LogP contribution in [0, 0.1) is 5.41 Å². The van der Waals surface area contributed by atoms with Crippen LogP contribution in [0.1, 0.15) is 59.8 Å². The second kappa shape index (κ2) is 8.34. The molecular formula is C13H29N3O. The lowest BCUT2D eigenvalue weighted by molar-refractivity contribution is 0.289. The molecule has 4 nitrogen and oxygen atoms in total. The number of unbranched alkanes of at least 4 members (excludes halogenated alkanes) is 2. The third kappa shape index (κ3) is 8.98. The zero-order chi connectivity index (χ0) is 13.3. The van der Waals surface area contributed by atoms with E-state index in [1.165, 1.54) is 25.7 Å². The maximum absolute atomic E-state index is 8.49. The lowest BCUT2D eigenvalue weighted by Crippen LogP contribution is -2.37. The van der Waals surface area contributed by atoms with Gasteiger partial charge in [-0.2, -0.15) is 0 Å². The molecule has 0 radical (unpaired) electrons. The van der Waals surface area contributed by atoms with Crippen LogP contribution in [0.3, 0.4) is 0 Å². The molecule has 0 heterocycles. The van der Waals surface area contributed by atoms with Crippen molar-refractivity contribution in [1.82, 2.24) is 5.32 Å². The van der Waals surface area contributed by atoms with E-state index in [1.54, 1.807) is 0 Å². The summed E-state index contributed by atoms with van der Waals surface area (Å²) < 4.78 is 0. The van der Waals surface area contributed by atoms with Crippen LogP contribution in [-0.4, -0.2) is 23.6 Å². The van der Waals surface area contributed by atoms with Crippen LogP contribution in [0.15, 0.2) is 5.16 Å². The van der Waals surface area contributed by atoms with Crippen molar-refractivity contribution in [2.24, 2.45) is 16.3 Å². The van der Waals surface area contributed by atoms with Crippen LogP contribution < -0.4 is 11.1 Å². The summed E-state index contributed by atoms with van der Waals surface area (Å²) in [6.07, 6.45) is 5.69. The molecular weight excluding hydrogens is 214 g/mol. The molecule has 4 N–H and O–H groups in total. The first-order valence-corrected chi connectivity index (χ1v) is 6.61. The van der Waals surface area contributed by atoms with Crippen molar-refractivity contribution >= 4 is 5.84 Å². The van der Waals surface area contributed by atoms with Crippen molar-refractivity contribution in [2.75, 3.05) is 6.54 Å². The highest BCUT2D eigenvalue weighted by Gasteiger charge is 2.18. The number of amidine groups is 1. The van der Waals surface area contributed by atoms with E-state index < -0.39 is 0 Å². The van der Waals surface area contributed by atoms with Crippen LogP contribution in [0.25, 0.3) is 0 Å². The number of hydrogen-bond donors (Lipinski definition) is 3. The number of oxime groups is 1. The monoisotopic (exact) mass is 243 g/mol. The molecule has 102 valence electrons. The van der Waals surface area contributed by atoms with Crippen molar-refractivity contribution in [1.29, 1.82) is 0 Å². The molecule has 0 spiro atoms. The van der Waals surface area contributed by atoms with Crippen molar-refractivity contribution < 1.29 is 5.21 Å². The highest BCUT2D eigenvalue weighted by Crippen LogP contribution is 2.22. The lowest BCUT2D eigenvalue weighted by Gasteiger charge is -2.27. The molecule has 0 saturated heterocycles. The van der Waals surface area contributed by atoms with E-state index in [4.69, 9.17) is 10.9 Å². The smallest absolute Gasteiger partial charge is 0.140 e. The Balaban J connectivity index is 3.83. The van der Waals surface area contributed by atoms with Gasteiger partial charge in [-0.15, -0.1) is 0 Å². The van der Waals surface area contributed by atoms with E-state index in [9.17, 15) is 0 Å². The molecule has 1 unspecified atom stereocenters. The largest absolute Gasteiger partial charge is 0.409 e. The number of nitrogens with zero attached hydrogens (tertiary/aromatic N) is 1. The Labute approximate surface area is 106 Å². The first kappa shape index (κ1) is 16.2. The van der Waals surface area contributed by atoms with Crippen LogP contribution >= 0.6 is 0 Å². The number of hydrogen-bond acceptors (Lipinski definition) is 3. The molecule has 0 aliphatic heterocycles. The predicted molar refractivity (Wildman–Crippen MR) is 73.4 cm³/mol. The van der Waals surface area contributed by atoms with Gasteiger partial charge in [0.2, 0.25) is 0 Å². The average Bonchev–Trinajstić information content (AvgIpc) is 2.26. The Morgan fingerprint density at radius 1 is 1.41 bits per heavy atom.